The minimum Gasteiger partial charge on any atom is -0.327 e. The Morgan fingerprint density at radius 3 is 2.42 bits per heavy atom. The van der Waals surface area contributed by atoms with E-state index in [-0.39, 0.29) is 5.66 Å². The van der Waals surface area contributed by atoms with Gasteiger partial charge in [0.2, 0.25) is 0 Å². The molecule has 19 heavy (non-hydrogen) atoms. The molecule has 3 rings (SSSR count). The zero-order chi connectivity index (χ0) is 13.5. The number of fused-ring (bicyclic) bond motifs is 1. The molecule has 0 bridgehead atoms. The highest BCUT2D eigenvalue weighted by Gasteiger charge is 2.49. The fourth-order valence-electron chi connectivity index (χ4n) is 4.04. The molecule has 0 saturated carbocycles. The molecule has 0 aliphatic carbocycles. The van der Waals surface area contributed by atoms with Crippen LogP contribution in [0.3, 0.4) is 0 Å². The van der Waals surface area contributed by atoms with Crippen molar-refractivity contribution in [3.8, 4) is 0 Å². The maximum Gasteiger partial charge on any atom is 0.0969 e. The minimum absolute atomic E-state index is 0.0294. The number of nitrogens with one attached hydrogen (secondary N) is 1. The van der Waals surface area contributed by atoms with Crippen LogP contribution in [0.15, 0.2) is 0 Å². The monoisotopic (exact) mass is 267 g/mol. The fraction of sp³-hybridized carbons (Fsp3) is 1.00. The summed E-state index contributed by atoms with van der Waals surface area (Å²) in [4.78, 5) is 7.50. The predicted molar refractivity (Wildman–Crippen MR) is 78.0 cm³/mol. The first-order valence-corrected chi connectivity index (χ1v) is 7.65. The van der Waals surface area contributed by atoms with Crippen molar-refractivity contribution in [1.29, 1.82) is 0 Å². The fourth-order valence-corrected chi connectivity index (χ4v) is 4.04. The summed E-state index contributed by atoms with van der Waals surface area (Å²) in [6.07, 6.45) is 2.65. The molecule has 0 aromatic rings. The number of nitrogens with zero attached hydrogens (tertiary/aromatic N) is 3. The van der Waals surface area contributed by atoms with Crippen molar-refractivity contribution in [1.82, 2.24) is 20.0 Å². The molecule has 0 aromatic carbocycles. The van der Waals surface area contributed by atoms with E-state index in [1.54, 1.807) is 0 Å². The molecule has 0 radical (unpaired) electrons. The second kappa shape index (κ2) is 4.97. The molecule has 3 aliphatic heterocycles. The first-order valence-electron chi connectivity index (χ1n) is 7.65. The number of piperidine rings is 1. The Kier molecular flexibility index (Phi) is 3.60. The van der Waals surface area contributed by atoms with Crippen LogP contribution in [0.5, 0.6) is 0 Å². The Labute approximate surface area is 117 Å². The van der Waals surface area contributed by atoms with Gasteiger partial charge in [-0.05, 0) is 45.4 Å². The van der Waals surface area contributed by atoms with E-state index in [2.05, 4.69) is 34.1 Å². The zero-order valence-electron chi connectivity index (χ0n) is 12.5. The van der Waals surface area contributed by atoms with Crippen molar-refractivity contribution in [3.05, 3.63) is 0 Å². The van der Waals surface area contributed by atoms with Gasteiger partial charge in [0.1, 0.15) is 0 Å². The maximum absolute atomic E-state index is 6.11. The Balaban J connectivity index is 1.73. The van der Waals surface area contributed by atoms with Crippen LogP contribution in [-0.2, 0) is 0 Å². The maximum atomic E-state index is 6.11. The molecule has 1 spiro atoms. The van der Waals surface area contributed by atoms with E-state index in [0.29, 0.717) is 12.0 Å². The molecule has 0 aromatic heterocycles. The zero-order valence-corrected chi connectivity index (χ0v) is 12.5. The van der Waals surface area contributed by atoms with E-state index in [1.165, 1.54) is 39.0 Å². The highest BCUT2D eigenvalue weighted by Crippen LogP contribution is 2.37. The standard InChI is InChI=1S/C14H29N5/c1-17-5-3-13(4-6-17)10-16-14(9-15)12-18(2)7-8-19(14)11-13/h16H,3-12,15H2,1-2H3. The molecule has 110 valence electrons. The van der Waals surface area contributed by atoms with Gasteiger partial charge in [0.05, 0.1) is 5.66 Å². The van der Waals surface area contributed by atoms with Crippen molar-refractivity contribution in [2.75, 3.05) is 66.5 Å². The van der Waals surface area contributed by atoms with Crippen LogP contribution in [0.25, 0.3) is 0 Å². The van der Waals surface area contributed by atoms with E-state index in [4.69, 9.17) is 5.73 Å². The minimum atomic E-state index is 0.0294. The van der Waals surface area contributed by atoms with Gasteiger partial charge in [0, 0.05) is 39.3 Å². The molecule has 0 amide bonds. The van der Waals surface area contributed by atoms with E-state index in [0.717, 1.165) is 19.6 Å². The van der Waals surface area contributed by atoms with Gasteiger partial charge in [-0.3, -0.25) is 10.2 Å². The first kappa shape index (κ1) is 13.8. The molecule has 1 unspecified atom stereocenters. The van der Waals surface area contributed by atoms with Crippen LogP contribution in [0.2, 0.25) is 0 Å². The quantitative estimate of drug-likeness (QED) is 0.652. The smallest absolute Gasteiger partial charge is 0.0969 e. The van der Waals surface area contributed by atoms with Gasteiger partial charge in [-0.1, -0.05) is 0 Å². The Bertz CT molecular complexity index is 326. The lowest BCUT2D eigenvalue weighted by atomic mass is 9.74. The third-order valence-electron chi connectivity index (χ3n) is 5.59. The first-order chi connectivity index (χ1) is 9.07. The second-order valence-electron chi connectivity index (χ2n) is 7.05. The molecular formula is C14H29N5. The van der Waals surface area contributed by atoms with Gasteiger partial charge < -0.3 is 15.5 Å². The lowest BCUT2D eigenvalue weighted by Crippen LogP contribution is -2.77. The van der Waals surface area contributed by atoms with Crippen molar-refractivity contribution < 1.29 is 0 Å². The summed E-state index contributed by atoms with van der Waals surface area (Å²) in [6, 6.07) is 0. The van der Waals surface area contributed by atoms with Gasteiger partial charge in [0.15, 0.2) is 0 Å². The van der Waals surface area contributed by atoms with Crippen molar-refractivity contribution in [2.24, 2.45) is 11.1 Å². The van der Waals surface area contributed by atoms with Gasteiger partial charge in [-0.15, -0.1) is 0 Å². The summed E-state index contributed by atoms with van der Waals surface area (Å²) in [5.74, 6) is 0. The van der Waals surface area contributed by atoms with Crippen LogP contribution in [0.4, 0.5) is 0 Å². The molecular weight excluding hydrogens is 238 g/mol. The van der Waals surface area contributed by atoms with Crippen molar-refractivity contribution in [3.63, 3.8) is 0 Å². The number of piperazine rings is 1. The van der Waals surface area contributed by atoms with Crippen molar-refractivity contribution in [2.45, 2.75) is 18.5 Å². The summed E-state index contributed by atoms with van der Waals surface area (Å²) >= 11 is 0. The molecule has 3 aliphatic rings. The number of hydrogen-bond donors (Lipinski definition) is 2. The number of rotatable bonds is 1. The van der Waals surface area contributed by atoms with E-state index < -0.39 is 0 Å². The third kappa shape index (κ3) is 2.43. The topological polar surface area (TPSA) is 47.8 Å². The summed E-state index contributed by atoms with van der Waals surface area (Å²) in [6.45, 7) is 8.95. The lowest BCUT2D eigenvalue weighted by Gasteiger charge is -2.59. The number of likely N-dealkylation sites (tertiary alicyclic amines) is 1. The summed E-state index contributed by atoms with van der Waals surface area (Å²) < 4.78 is 0. The van der Waals surface area contributed by atoms with Gasteiger partial charge >= 0.3 is 0 Å². The Hall–Kier alpha value is -0.200. The van der Waals surface area contributed by atoms with Crippen LogP contribution >= 0.6 is 0 Å². The number of likely N-dealkylation sites (N-methyl/N-ethyl adjacent to an activating group) is 1. The van der Waals surface area contributed by atoms with Crippen LogP contribution < -0.4 is 11.1 Å². The lowest BCUT2D eigenvalue weighted by molar-refractivity contribution is -0.0894. The van der Waals surface area contributed by atoms with Crippen LogP contribution in [0, 0.1) is 5.41 Å². The van der Waals surface area contributed by atoms with Gasteiger partial charge in [-0.25, -0.2) is 0 Å². The molecule has 3 fully saturated rings. The average Bonchev–Trinajstić information content (AvgIpc) is 2.43. The molecule has 1 atom stereocenters. The molecule has 5 heteroatoms. The average molecular weight is 267 g/mol. The summed E-state index contributed by atoms with van der Waals surface area (Å²) in [7, 11) is 4.44. The SMILES string of the molecule is CN1CCC2(CC1)CNC1(CN)CN(C)CCN1C2. The van der Waals surface area contributed by atoms with Crippen molar-refractivity contribution >= 4 is 0 Å². The highest BCUT2D eigenvalue weighted by atomic mass is 15.4. The highest BCUT2D eigenvalue weighted by molar-refractivity contribution is 5.05. The number of nitrogens with two attached hydrogens (primary N) is 1. The van der Waals surface area contributed by atoms with Gasteiger partial charge in [-0.2, -0.15) is 0 Å². The predicted octanol–water partition coefficient (Wildman–Crippen LogP) is -0.796. The third-order valence-corrected chi connectivity index (χ3v) is 5.59. The molecule has 3 N–H and O–H groups in total. The molecule has 3 heterocycles. The van der Waals surface area contributed by atoms with Crippen LogP contribution in [0.1, 0.15) is 12.8 Å². The Morgan fingerprint density at radius 1 is 1.00 bits per heavy atom. The van der Waals surface area contributed by atoms with Crippen LogP contribution in [-0.4, -0.2) is 86.8 Å². The van der Waals surface area contributed by atoms with Gasteiger partial charge in [0.25, 0.3) is 0 Å². The second-order valence-corrected chi connectivity index (χ2v) is 7.05. The molecule has 3 saturated heterocycles. The largest absolute Gasteiger partial charge is 0.327 e. The number of hydrogen-bond acceptors (Lipinski definition) is 5. The molecule has 5 nitrogen and oxygen atoms in total. The van der Waals surface area contributed by atoms with E-state index in [9.17, 15) is 0 Å². The normalized spacial score (nSPS) is 37.4. The summed E-state index contributed by atoms with van der Waals surface area (Å²) in [5, 5.41) is 3.83. The van der Waals surface area contributed by atoms with E-state index in [1.807, 2.05) is 0 Å². The Morgan fingerprint density at radius 2 is 1.74 bits per heavy atom. The summed E-state index contributed by atoms with van der Waals surface area (Å²) in [5.41, 5.74) is 6.63. The van der Waals surface area contributed by atoms with E-state index >= 15 is 0 Å².